The third-order valence-corrected chi connectivity index (χ3v) is 6.59. The highest BCUT2D eigenvalue weighted by Crippen LogP contribution is 2.32. The number of amides is 2. The number of anilines is 3. The fourth-order valence-electron chi connectivity index (χ4n) is 4.36. The zero-order chi connectivity index (χ0) is 27.3. The quantitative estimate of drug-likeness (QED) is 0.450. The molecule has 2 aliphatic heterocycles. The Morgan fingerprint density at radius 1 is 1.08 bits per heavy atom. The number of hydrogen-bond donors (Lipinski definition) is 3. The number of halogens is 5. The largest absolute Gasteiger partial charge is 0.390 e. The first-order valence-electron chi connectivity index (χ1n) is 12.2. The lowest BCUT2D eigenvalue weighted by Gasteiger charge is -2.37. The summed E-state index contributed by atoms with van der Waals surface area (Å²) >= 11 is 6.20. The van der Waals surface area contributed by atoms with Crippen molar-refractivity contribution in [3.8, 4) is 0 Å². The third-order valence-electron chi connectivity index (χ3n) is 6.35. The van der Waals surface area contributed by atoms with E-state index in [1.54, 1.807) is 23.1 Å². The fourth-order valence-corrected chi connectivity index (χ4v) is 4.53. The second-order valence-corrected chi connectivity index (χ2v) is 9.46. The van der Waals surface area contributed by atoms with Crippen molar-refractivity contribution >= 4 is 40.5 Å². The summed E-state index contributed by atoms with van der Waals surface area (Å²) in [6.45, 7) is 2.80. The SMILES string of the molecule is O=C(Nc1ccc(Cl)cc1N1CCN(CCC(F)(F)F)CC1)c1c(F)cccc1NC(=O)C1CNCCO1. The number of morpholine rings is 1. The minimum absolute atomic E-state index is 0.00420. The van der Waals surface area contributed by atoms with Crippen molar-refractivity contribution in [2.75, 3.05) is 68.0 Å². The molecule has 2 aromatic rings. The Morgan fingerprint density at radius 3 is 2.53 bits per heavy atom. The van der Waals surface area contributed by atoms with E-state index in [4.69, 9.17) is 16.3 Å². The van der Waals surface area contributed by atoms with E-state index in [2.05, 4.69) is 16.0 Å². The normalized spacial score (nSPS) is 18.8. The molecule has 2 aliphatic rings. The topological polar surface area (TPSA) is 85.9 Å². The molecule has 3 N–H and O–H groups in total. The van der Waals surface area contributed by atoms with E-state index in [0.717, 1.165) is 6.07 Å². The van der Waals surface area contributed by atoms with Crippen LogP contribution in [0.25, 0.3) is 0 Å². The molecule has 206 valence electrons. The number of rotatable bonds is 7. The second kappa shape index (κ2) is 12.3. The van der Waals surface area contributed by atoms with Gasteiger partial charge in [0, 0.05) is 50.8 Å². The van der Waals surface area contributed by atoms with E-state index >= 15 is 0 Å². The van der Waals surface area contributed by atoms with Gasteiger partial charge >= 0.3 is 6.18 Å². The van der Waals surface area contributed by atoms with Crippen LogP contribution in [0.4, 0.5) is 34.6 Å². The van der Waals surface area contributed by atoms with Crippen LogP contribution in [-0.4, -0.2) is 81.4 Å². The van der Waals surface area contributed by atoms with Gasteiger partial charge in [0.15, 0.2) is 0 Å². The second-order valence-electron chi connectivity index (χ2n) is 9.02. The average Bonchev–Trinajstić information content (AvgIpc) is 2.89. The highest BCUT2D eigenvalue weighted by molar-refractivity contribution is 6.31. The van der Waals surface area contributed by atoms with Crippen LogP contribution in [0, 0.1) is 5.82 Å². The van der Waals surface area contributed by atoms with Gasteiger partial charge in [-0.2, -0.15) is 13.2 Å². The van der Waals surface area contributed by atoms with E-state index in [-0.39, 0.29) is 17.8 Å². The number of alkyl halides is 3. The van der Waals surface area contributed by atoms with Crippen molar-refractivity contribution in [3.63, 3.8) is 0 Å². The zero-order valence-corrected chi connectivity index (χ0v) is 21.2. The summed E-state index contributed by atoms with van der Waals surface area (Å²) in [4.78, 5) is 29.5. The van der Waals surface area contributed by atoms with Crippen molar-refractivity contribution in [2.24, 2.45) is 0 Å². The molecule has 2 saturated heterocycles. The van der Waals surface area contributed by atoms with Gasteiger partial charge in [-0.1, -0.05) is 17.7 Å². The molecule has 8 nitrogen and oxygen atoms in total. The summed E-state index contributed by atoms with van der Waals surface area (Å²) in [6, 6.07) is 8.71. The molecule has 0 bridgehead atoms. The van der Waals surface area contributed by atoms with E-state index in [9.17, 15) is 27.2 Å². The molecule has 0 saturated carbocycles. The summed E-state index contributed by atoms with van der Waals surface area (Å²) in [5.41, 5.74) is 0.561. The van der Waals surface area contributed by atoms with Crippen molar-refractivity contribution in [3.05, 3.63) is 52.8 Å². The molecule has 2 heterocycles. The van der Waals surface area contributed by atoms with Crippen LogP contribution in [0.5, 0.6) is 0 Å². The van der Waals surface area contributed by atoms with Gasteiger partial charge in [0.05, 0.1) is 35.7 Å². The lowest BCUT2D eigenvalue weighted by molar-refractivity contribution is -0.138. The zero-order valence-electron chi connectivity index (χ0n) is 20.4. The van der Waals surface area contributed by atoms with Crippen LogP contribution in [0.1, 0.15) is 16.8 Å². The Balaban J connectivity index is 1.48. The predicted octanol–water partition coefficient (Wildman–Crippen LogP) is 3.73. The number of piperazine rings is 1. The maximum atomic E-state index is 14.8. The molecule has 0 aliphatic carbocycles. The summed E-state index contributed by atoms with van der Waals surface area (Å²) in [5, 5.41) is 8.72. The Bertz CT molecular complexity index is 1150. The van der Waals surface area contributed by atoms with Crippen molar-refractivity contribution < 1.29 is 31.9 Å². The number of nitrogens with one attached hydrogen (secondary N) is 3. The number of benzene rings is 2. The Kier molecular flexibility index (Phi) is 9.08. The van der Waals surface area contributed by atoms with Crippen molar-refractivity contribution in [1.29, 1.82) is 0 Å². The minimum Gasteiger partial charge on any atom is -0.367 e. The van der Waals surface area contributed by atoms with Crippen molar-refractivity contribution in [2.45, 2.75) is 18.7 Å². The Labute approximate surface area is 222 Å². The molecule has 1 atom stereocenters. The number of carbonyl (C=O) groups is 2. The molecule has 0 radical (unpaired) electrons. The number of nitrogens with zero attached hydrogens (tertiary/aromatic N) is 2. The first-order chi connectivity index (χ1) is 18.1. The average molecular weight is 558 g/mol. The lowest BCUT2D eigenvalue weighted by Crippen LogP contribution is -2.47. The van der Waals surface area contributed by atoms with Gasteiger partial charge in [0.1, 0.15) is 11.9 Å². The standard InChI is InChI=1S/C25H28ClF4N5O3/c26-16-4-5-18(20(14-16)35-11-9-34(10-12-35)8-6-25(28,29)30)32-24(37)22-17(27)2-1-3-19(22)33-23(36)21-15-31-7-13-38-21/h1-5,14,21,31H,6-13,15H2,(H,32,37)(H,33,36). The van der Waals surface area contributed by atoms with Crippen LogP contribution >= 0.6 is 11.6 Å². The van der Waals surface area contributed by atoms with Crippen LogP contribution < -0.4 is 20.9 Å². The molecule has 0 aromatic heterocycles. The van der Waals surface area contributed by atoms with E-state index in [1.807, 2.05) is 4.90 Å². The fraction of sp³-hybridized carbons (Fsp3) is 0.440. The predicted molar refractivity (Wildman–Crippen MR) is 136 cm³/mol. The van der Waals surface area contributed by atoms with Gasteiger partial charge in [-0.05, 0) is 30.3 Å². The molecule has 13 heteroatoms. The van der Waals surface area contributed by atoms with E-state index in [0.29, 0.717) is 62.3 Å². The van der Waals surface area contributed by atoms with E-state index < -0.39 is 36.3 Å². The van der Waals surface area contributed by atoms with Gasteiger partial charge < -0.3 is 25.6 Å². The highest BCUT2D eigenvalue weighted by atomic mass is 35.5. The number of carbonyl (C=O) groups excluding carboxylic acids is 2. The smallest absolute Gasteiger partial charge is 0.367 e. The molecule has 4 rings (SSSR count). The van der Waals surface area contributed by atoms with Crippen LogP contribution in [0.15, 0.2) is 36.4 Å². The summed E-state index contributed by atoms with van der Waals surface area (Å²) in [6.07, 6.45) is -5.87. The van der Waals surface area contributed by atoms with Gasteiger partial charge in [-0.3, -0.25) is 14.5 Å². The van der Waals surface area contributed by atoms with Crippen LogP contribution in [0.3, 0.4) is 0 Å². The van der Waals surface area contributed by atoms with E-state index in [1.165, 1.54) is 12.1 Å². The monoisotopic (exact) mass is 557 g/mol. The highest BCUT2D eigenvalue weighted by Gasteiger charge is 2.30. The van der Waals surface area contributed by atoms with Gasteiger partial charge in [-0.25, -0.2) is 4.39 Å². The molecular formula is C25H28ClF4N5O3. The van der Waals surface area contributed by atoms with Crippen LogP contribution in [-0.2, 0) is 9.53 Å². The first kappa shape index (κ1) is 28.1. The minimum atomic E-state index is -4.22. The van der Waals surface area contributed by atoms with Gasteiger partial charge in [-0.15, -0.1) is 0 Å². The summed E-state index contributed by atoms with van der Waals surface area (Å²) < 4.78 is 58.0. The maximum absolute atomic E-state index is 14.8. The molecule has 38 heavy (non-hydrogen) atoms. The van der Waals surface area contributed by atoms with Crippen molar-refractivity contribution in [1.82, 2.24) is 10.2 Å². The third kappa shape index (κ3) is 7.34. The Hall–Kier alpha value is -2.93. The Morgan fingerprint density at radius 2 is 1.84 bits per heavy atom. The number of hydrogen-bond acceptors (Lipinski definition) is 6. The molecular weight excluding hydrogens is 530 g/mol. The summed E-state index contributed by atoms with van der Waals surface area (Å²) in [7, 11) is 0. The molecule has 2 fully saturated rings. The molecule has 2 amide bonds. The first-order valence-corrected chi connectivity index (χ1v) is 12.5. The van der Waals surface area contributed by atoms with Crippen LogP contribution in [0.2, 0.25) is 5.02 Å². The summed E-state index contributed by atoms with van der Waals surface area (Å²) in [5.74, 6) is -2.11. The number of ether oxygens (including phenoxy) is 1. The molecule has 0 spiro atoms. The molecule has 1 unspecified atom stereocenters. The van der Waals surface area contributed by atoms with Gasteiger partial charge in [0.25, 0.3) is 11.8 Å². The lowest BCUT2D eigenvalue weighted by atomic mass is 10.1. The van der Waals surface area contributed by atoms with Gasteiger partial charge in [0.2, 0.25) is 0 Å². The maximum Gasteiger partial charge on any atom is 0.390 e. The molecule has 2 aromatic carbocycles.